The van der Waals surface area contributed by atoms with Crippen LogP contribution in [0.15, 0.2) is 29.4 Å². The number of thioether (sulfide) groups is 1. The summed E-state index contributed by atoms with van der Waals surface area (Å²) in [4.78, 5) is 16.8. The van der Waals surface area contributed by atoms with Gasteiger partial charge in [-0.25, -0.2) is 0 Å². The lowest BCUT2D eigenvalue weighted by molar-refractivity contribution is -0.145. The fourth-order valence-corrected chi connectivity index (χ4v) is 3.13. The first-order valence-electron chi connectivity index (χ1n) is 7.20. The summed E-state index contributed by atoms with van der Waals surface area (Å²) in [6, 6.07) is 4.38. The maximum Gasteiger partial charge on any atom is 0.323 e. The Morgan fingerprint density at radius 3 is 2.75 bits per heavy atom. The van der Waals surface area contributed by atoms with Crippen molar-refractivity contribution in [3.63, 3.8) is 0 Å². The van der Waals surface area contributed by atoms with E-state index in [1.807, 2.05) is 19.1 Å². The zero-order valence-corrected chi connectivity index (χ0v) is 12.7. The van der Waals surface area contributed by atoms with Crippen LogP contribution in [0.5, 0.6) is 0 Å². The maximum absolute atomic E-state index is 11.6. The van der Waals surface area contributed by atoms with Crippen molar-refractivity contribution in [1.29, 1.82) is 0 Å². The first kappa shape index (κ1) is 15.3. The fraction of sp³-hybridized carbons (Fsp3) is 0.600. The van der Waals surface area contributed by atoms with E-state index >= 15 is 0 Å². The van der Waals surface area contributed by atoms with Crippen LogP contribution in [0.25, 0.3) is 0 Å². The van der Waals surface area contributed by atoms with Gasteiger partial charge in [-0.1, -0.05) is 6.92 Å². The molecule has 1 aromatic rings. The minimum atomic E-state index is -0.736. The zero-order chi connectivity index (χ0) is 14.4. The number of hydrogen-bond donors (Lipinski definition) is 2. The number of aromatic nitrogens is 1. The lowest BCUT2D eigenvalue weighted by Crippen LogP contribution is -2.52. The van der Waals surface area contributed by atoms with Crippen molar-refractivity contribution >= 4 is 17.7 Å². The Hall–Kier alpha value is -1.07. The lowest BCUT2D eigenvalue weighted by atomic mass is 9.90. The number of nitrogens with zero attached hydrogens (tertiary/aromatic N) is 1. The molecule has 1 atom stereocenters. The van der Waals surface area contributed by atoms with Gasteiger partial charge in [-0.05, 0) is 50.0 Å². The van der Waals surface area contributed by atoms with E-state index in [0.29, 0.717) is 18.9 Å². The van der Waals surface area contributed by atoms with E-state index in [-0.39, 0.29) is 0 Å². The zero-order valence-electron chi connectivity index (χ0n) is 11.8. The molecule has 1 fully saturated rings. The van der Waals surface area contributed by atoms with Crippen LogP contribution >= 0.6 is 11.8 Å². The van der Waals surface area contributed by atoms with Crippen LogP contribution in [0, 0.1) is 0 Å². The van der Waals surface area contributed by atoms with Crippen LogP contribution < -0.4 is 5.32 Å². The van der Waals surface area contributed by atoms with Crippen LogP contribution in [0.1, 0.15) is 39.0 Å². The van der Waals surface area contributed by atoms with Gasteiger partial charge in [0.25, 0.3) is 0 Å². The first-order valence-corrected chi connectivity index (χ1v) is 8.19. The second kappa shape index (κ2) is 7.09. The van der Waals surface area contributed by atoms with Crippen molar-refractivity contribution in [1.82, 2.24) is 10.3 Å². The second-order valence-corrected chi connectivity index (χ2v) is 6.46. The molecular weight excluding hydrogens is 272 g/mol. The van der Waals surface area contributed by atoms with Crippen LogP contribution in [0.3, 0.4) is 0 Å². The Bertz CT molecular complexity index is 437. The third-order valence-electron chi connectivity index (χ3n) is 3.74. The molecule has 20 heavy (non-hydrogen) atoms. The predicted octanol–water partition coefficient (Wildman–Crippen LogP) is 2.94. The van der Waals surface area contributed by atoms with Gasteiger partial charge in [0.15, 0.2) is 0 Å². The molecule has 0 aromatic carbocycles. The molecule has 0 aliphatic heterocycles. The first-order chi connectivity index (χ1) is 9.66. The molecule has 0 radical (unpaired) electrons. The quantitative estimate of drug-likeness (QED) is 0.541. The summed E-state index contributed by atoms with van der Waals surface area (Å²) in [5.41, 5.74) is -0.736. The standard InChI is InChI=1S/C15H22N2O2S/c1-2-15(14(18)19,17-12-4-5-12)8-3-11-20-13-6-9-16-10-7-13/h6-7,9-10,12,17H,2-5,8,11H2,1H3,(H,18,19). The van der Waals surface area contributed by atoms with Gasteiger partial charge >= 0.3 is 5.97 Å². The Kier molecular flexibility index (Phi) is 5.43. The highest BCUT2D eigenvalue weighted by atomic mass is 32.2. The van der Waals surface area contributed by atoms with Crippen molar-refractivity contribution in [3.05, 3.63) is 24.5 Å². The van der Waals surface area contributed by atoms with Gasteiger partial charge in [-0.15, -0.1) is 11.8 Å². The molecule has 2 rings (SSSR count). The Morgan fingerprint density at radius 2 is 2.20 bits per heavy atom. The minimum Gasteiger partial charge on any atom is -0.480 e. The molecule has 5 heteroatoms. The molecule has 0 saturated heterocycles. The molecular formula is C15H22N2O2S. The molecule has 0 bridgehead atoms. The molecule has 1 aliphatic carbocycles. The fourth-order valence-electron chi connectivity index (χ4n) is 2.29. The highest BCUT2D eigenvalue weighted by Gasteiger charge is 2.40. The van der Waals surface area contributed by atoms with Gasteiger partial charge in [0, 0.05) is 23.3 Å². The van der Waals surface area contributed by atoms with E-state index < -0.39 is 11.5 Å². The van der Waals surface area contributed by atoms with Crippen LogP contribution in [-0.2, 0) is 4.79 Å². The van der Waals surface area contributed by atoms with Crippen LogP contribution in [0.4, 0.5) is 0 Å². The van der Waals surface area contributed by atoms with E-state index in [0.717, 1.165) is 25.0 Å². The number of carbonyl (C=O) groups is 1. The van der Waals surface area contributed by atoms with Crippen molar-refractivity contribution in [2.45, 2.75) is 55.5 Å². The van der Waals surface area contributed by atoms with E-state index in [9.17, 15) is 9.90 Å². The van der Waals surface area contributed by atoms with Crippen molar-refractivity contribution in [2.24, 2.45) is 0 Å². The van der Waals surface area contributed by atoms with Gasteiger partial charge in [-0.2, -0.15) is 0 Å². The average molecular weight is 294 g/mol. The van der Waals surface area contributed by atoms with Crippen LogP contribution in [0.2, 0.25) is 0 Å². The summed E-state index contributed by atoms with van der Waals surface area (Å²) in [7, 11) is 0. The molecule has 1 aliphatic rings. The minimum absolute atomic E-state index is 0.416. The molecule has 1 unspecified atom stereocenters. The molecule has 1 aromatic heterocycles. The number of rotatable bonds is 9. The number of carboxylic acids is 1. The molecule has 2 N–H and O–H groups in total. The molecule has 4 nitrogen and oxygen atoms in total. The average Bonchev–Trinajstić information content (AvgIpc) is 3.27. The summed E-state index contributed by atoms with van der Waals surface area (Å²) in [6.45, 7) is 1.96. The van der Waals surface area contributed by atoms with E-state index in [4.69, 9.17) is 0 Å². The smallest absolute Gasteiger partial charge is 0.323 e. The number of pyridine rings is 1. The SMILES string of the molecule is CCC(CCCSc1ccncc1)(NC1CC1)C(=O)O. The number of nitrogens with one attached hydrogen (secondary N) is 1. The summed E-state index contributed by atoms with van der Waals surface area (Å²) < 4.78 is 0. The normalized spacial score (nSPS) is 17.6. The van der Waals surface area contributed by atoms with E-state index in [2.05, 4.69) is 10.3 Å². The maximum atomic E-state index is 11.6. The molecule has 0 spiro atoms. The van der Waals surface area contributed by atoms with Crippen molar-refractivity contribution < 1.29 is 9.90 Å². The molecule has 110 valence electrons. The molecule has 1 saturated carbocycles. The lowest BCUT2D eigenvalue weighted by Gasteiger charge is -2.29. The monoisotopic (exact) mass is 294 g/mol. The van der Waals surface area contributed by atoms with Gasteiger partial charge < -0.3 is 5.11 Å². The van der Waals surface area contributed by atoms with E-state index in [1.54, 1.807) is 24.2 Å². The molecule has 1 heterocycles. The Morgan fingerprint density at radius 1 is 1.50 bits per heavy atom. The highest BCUT2D eigenvalue weighted by molar-refractivity contribution is 7.99. The highest BCUT2D eigenvalue weighted by Crippen LogP contribution is 2.28. The summed E-state index contributed by atoms with van der Waals surface area (Å²) in [5.74, 6) is 0.228. The summed E-state index contributed by atoms with van der Waals surface area (Å²) in [6.07, 6.45) is 8.01. The number of carboxylic acid groups (broad SMARTS) is 1. The molecule has 0 amide bonds. The topological polar surface area (TPSA) is 62.2 Å². The number of hydrogen-bond acceptors (Lipinski definition) is 4. The Balaban J connectivity index is 1.80. The van der Waals surface area contributed by atoms with E-state index in [1.165, 1.54) is 4.90 Å². The third kappa shape index (κ3) is 4.21. The second-order valence-electron chi connectivity index (χ2n) is 5.29. The van der Waals surface area contributed by atoms with Crippen molar-refractivity contribution in [2.75, 3.05) is 5.75 Å². The summed E-state index contributed by atoms with van der Waals surface area (Å²) >= 11 is 1.76. The largest absolute Gasteiger partial charge is 0.480 e. The Labute approximate surface area is 124 Å². The van der Waals surface area contributed by atoms with Gasteiger partial charge in [0.1, 0.15) is 5.54 Å². The predicted molar refractivity (Wildman–Crippen MR) is 81.0 cm³/mol. The summed E-state index contributed by atoms with van der Waals surface area (Å²) in [5, 5.41) is 12.9. The van der Waals surface area contributed by atoms with Crippen LogP contribution in [-0.4, -0.2) is 33.4 Å². The van der Waals surface area contributed by atoms with Gasteiger partial charge in [-0.3, -0.25) is 15.1 Å². The van der Waals surface area contributed by atoms with Gasteiger partial charge in [0.2, 0.25) is 0 Å². The van der Waals surface area contributed by atoms with Gasteiger partial charge in [0.05, 0.1) is 0 Å². The third-order valence-corrected chi connectivity index (χ3v) is 4.84. The number of aliphatic carboxylic acids is 1. The van der Waals surface area contributed by atoms with Crippen molar-refractivity contribution in [3.8, 4) is 0 Å².